The van der Waals surface area contributed by atoms with Crippen LogP contribution in [-0.2, 0) is 0 Å². The van der Waals surface area contributed by atoms with E-state index in [-0.39, 0.29) is 36.6 Å². The van der Waals surface area contributed by atoms with Gasteiger partial charge >= 0.3 is 0 Å². The van der Waals surface area contributed by atoms with Crippen molar-refractivity contribution in [3.63, 3.8) is 0 Å². The average Bonchev–Trinajstić information content (AvgIpc) is 2.44. The van der Waals surface area contributed by atoms with Crippen LogP contribution in [-0.4, -0.2) is 18.3 Å². The average molecular weight is 277 g/mol. The van der Waals surface area contributed by atoms with Gasteiger partial charge in [0, 0.05) is 18.4 Å². The van der Waals surface area contributed by atoms with Crippen LogP contribution in [0.3, 0.4) is 0 Å². The number of aliphatic hydroxyl groups is 1. The summed E-state index contributed by atoms with van der Waals surface area (Å²) in [5, 5.41) is 9.49. The maximum Gasteiger partial charge on any atom is 0.123 e. The summed E-state index contributed by atoms with van der Waals surface area (Å²) in [6.07, 6.45) is 0. The van der Waals surface area contributed by atoms with Crippen molar-refractivity contribution in [3.8, 4) is 0 Å². The highest BCUT2D eigenvalue weighted by Gasteiger charge is 2.24. The van der Waals surface area contributed by atoms with Gasteiger partial charge < -0.3 is 10.8 Å². The quantitative estimate of drug-likeness (QED) is 0.882. The van der Waals surface area contributed by atoms with Gasteiger partial charge in [-0.3, -0.25) is 0 Å². The zero-order chi connectivity index (χ0) is 14.5. The molecule has 20 heavy (non-hydrogen) atoms. The molecule has 0 saturated heterocycles. The van der Waals surface area contributed by atoms with E-state index in [0.717, 1.165) is 0 Å². The van der Waals surface area contributed by atoms with Gasteiger partial charge in [0.25, 0.3) is 0 Å². The first-order chi connectivity index (χ1) is 9.65. The third kappa shape index (κ3) is 3.21. The molecule has 106 valence electrons. The van der Waals surface area contributed by atoms with Gasteiger partial charge in [-0.15, -0.1) is 0 Å². The lowest BCUT2D eigenvalue weighted by Crippen LogP contribution is -2.26. The van der Waals surface area contributed by atoms with Crippen LogP contribution in [0.2, 0.25) is 0 Å². The lowest BCUT2D eigenvalue weighted by atomic mass is 9.81. The summed E-state index contributed by atoms with van der Waals surface area (Å²) < 4.78 is 26.9. The van der Waals surface area contributed by atoms with E-state index in [1.807, 2.05) is 0 Å². The molecule has 0 bridgehead atoms. The molecule has 1 unspecified atom stereocenters. The largest absolute Gasteiger partial charge is 0.396 e. The fourth-order valence-corrected chi connectivity index (χ4v) is 2.45. The van der Waals surface area contributed by atoms with Gasteiger partial charge in [-0.25, -0.2) is 8.78 Å². The van der Waals surface area contributed by atoms with E-state index < -0.39 is 0 Å². The van der Waals surface area contributed by atoms with E-state index in [1.165, 1.54) is 24.3 Å². The van der Waals surface area contributed by atoms with Gasteiger partial charge in [0.15, 0.2) is 0 Å². The van der Waals surface area contributed by atoms with Crippen molar-refractivity contribution in [2.75, 3.05) is 13.2 Å². The zero-order valence-electron chi connectivity index (χ0n) is 11.0. The van der Waals surface area contributed by atoms with Crippen LogP contribution in [0.1, 0.15) is 17.0 Å². The number of rotatable bonds is 5. The fraction of sp³-hybridized carbons (Fsp3) is 0.250. The number of hydrogen-bond donors (Lipinski definition) is 2. The van der Waals surface area contributed by atoms with Crippen molar-refractivity contribution in [1.29, 1.82) is 0 Å². The minimum absolute atomic E-state index is 0.145. The van der Waals surface area contributed by atoms with Gasteiger partial charge in [0.1, 0.15) is 11.6 Å². The van der Waals surface area contributed by atoms with Crippen LogP contribution in [0.5, 0.6) is 0 Å². The molecule has 0 aliphatic rings. The molecule has 0 aromatic heterocycles. The topological polar surface area (TPSA) is 46.2 Å². The molecule has 2 aromatic carbocycles. The van der Waals surface area contributed by atoms with Crippen LogP contribution in [0.4, 0.5) is 8.78 Å². The Bertz CT molecular complexity index is 524. The summed E-state index contributed by atoms with van der Waals surface area (Å²) in [6.45, 7) is 0.0857. The molecule has 0 aliphatic heterocycles. The molecular weight excluding hydrogens is 260 g/mol. The molecule has 2 nitrogen and oxygen atoms in total. The number of benzene rings is 2. The standard InChI is InChI=1S/C16H17F2NO/c17-14-5-1-3-11(7-14)16(13(9-19)10-20)12-4-2-6-15(18)8-12/h1-8,13,16,20H,9-10,19H2. The van der Waals surface area contributed by atoms with Crippen LogP contribution >= 0.6 is 0 Å². The number of nitrogens with two attached hydrogens (primary N) is 1. The van der Waals surface area contributed by atoms with Crippen LogP contribution in [0, 0.1) is 17.6 Å². The van der Waals surface area contributed by atoms with E-state index in [0.29, 0.717) is 11.1 Å². The van der Waals surface area contributed by atoms with E-state index >= 15 is 0 Å². The Hall–Kier alpha value is -1.78. The summed E-state index contributed by atoms with van der Waals surface area (Å²) in [4.78, 5) is 0. The van der Waals surface area contributed by atoms with Crippen molar-refractivity contribution >= 4 is 0 Å². The first-order valence-electron chi connectivity index (χ1n) is 6.47. The van der Waals surface area contributed by atoms with Crippen molar-refractivity contribution in [3.05, 3.63) is 71.3 Å². The van der Waals surface area contributed by atoms with Crippen molar-refractivity contribution in [1.82, 2.24) is 0 Å². The first-order valence-corrected chi connectivity index (χ1v) is 6.47. The molecule has 4 heteroatoms. The van der Waals surface area contributed by atoms with Gasteiger partial charge in [-0.2, -0.15) is 0 Å². The Morgan fingerprint density at radius 3 is 1.80 bits per heavy atom. The van der Waals surface area contributed by atoms with E-state index in [9.17, 15) is 13.9 Å². The Labute approximate surface area is 116 Å². The molecule has 2 aromatic rings. The highest BCUT2D eigenvalue weighted by atomic mass is 19.1. The molecule has 0 radical (unpaired) electrons. The summed E-state index contributed by atoms with van der Waals surface area (Å²) >= 11 is 0. The van der Waals surface area contributed by atoms with Crippen LogP contribution in [0.15, 0.2) is 48.5 Å². The molecule has 0 heterocycles. The van der Waals surface area contributed by atoms with E-state index in [1.54, 1.807) is 24.3 Å². The first kappa shape index (κ1) is 14.6. The van der Waals surface area contributed by atoms with Crippen LogP contribution in [0.25, 0.3) is 0 Å². The summed E-state index contributed by atoms with van der Waals surface area (Å²) in [5.41, 5.74) is 7.05. The molecular formula is C16H17F2NO. The van der Waals surface area contributed by atoms with Crippen LogP contribution < -0.4 is 5.73 Å². The van der Waals surface area contributed by atoms with E-state index in [4.69, 9.17) is 5.73 Å². The normalized spacial score (nSPS) is 12.7. The maximum atomic E-state index is 13.4. The van der Waals surface area contributed by atoms with Gasteiger partial charge in [-0.05, 0) is 41.9 Å². The molecule has 0 spiro atoms. The predicted octanol–water partition coefficient (Wildman–Crippen LogP) is 2.66. The summed E-state index contributed by atoms with van der Waals surface area (Å²) in [6, 6.07) is 12.2. The Kier molecular flexibility index (Phi) is 4.82. The van der Waals surface area contributed by atoms with Gasteiger partial charge in [0.2, 0.25) is 0 Å². The Balaban J connectivity index is 2.49. The molecule has 0 aliphatic carbocycles. The van der Waals surface area contributed by atoms with Crippen molar-refractivity contribution < 1.29 is 13.9 Å². The van der Waals surface area contributed by atoms with E-state index in [2.05, 4.69) is 0 Å². The second kappa shape index (κ2) is 6.59. The van der Waals surface area contributed by atoms with Crippen molar-refractivity contribution in [2.24, 2.45) is 11.7 Å². The number of halogens is 2. The summed E-state index contributed by atoms with van der Waals surface area (Å²) in [7, 11) is 0. The third-order valence-corrected chi connectivity index (χ3v) is 3.42. The SMILES string of the molecule is NCC(CO)C(c1cccc(F)c1)c1cccc(F)c1. The number of hydrogen-bond acceptors (Lipinski definition) is 2. The zero-order valence-corrected chi connectivity index (χ0v) is 11.0. The molecule has 0 saturated carbocycles. The second-order valence-corrected chi connectivity index (χ2v) is 4.77. The summed E-state index contributed by atoms with van der Waals surface area (Å²) in [5.74, 6) is -1.36. The third-order valence-electron chi connectivity index (χ3n) is 3.42. The fourth-order valence-electron chi connectivity index (χ4n) is 2.45. The molecule has 0 fully saturated rings. The lowest BCUT2D eigenvalue weighted by Gasteiger charge is -2.25. The smallest absolute Gasteiger partial charge is 0.123 e. The van der Waals surface area contributed by atoms with Gasteiger partial charge in [0.05, 0.1) is 0 Å². The Morgan fingerprint density at radius 2 is 1.45 bits per heavy atom. The minimum Gasteiger partial charge on any atom is -0.396 e. The highest BCUT2D eigenvalue weighted by molar-refractivity contribution is 5.34. The number of aliphatic hydroxyl groups excluding tert-OH is 1. The highest BCUT2D eigenvalue weighted by Crippen LogP contribution is 2.32. The predicted molar refractivity (Wildman–Crippen MR) is 74.3 cm³/mol. The Morgan fingerprint density at radius 1 is 0.950 bits per heavy atom. The molecule has 3 N–H and O–H groups in total. The molecule has 1 atom stereocenters. The maximum absolute atomic E-state index is 13.4. The van der Waals surface area contributed by atoms with Crippen molar-refractivity contribution in [2.45, 2.75) is 5.92 Å². The monoisotopic (exact) mass is 277 g/mol. The molecule has 0 amide bonds. The van der Waals surface area contributed by atoms with Gasteiger partial charge in [-0.1, -0.05) is 24.3 Å². The minimum atomic E-state index is -0.363. The second-order valence-electron chi connectivity index (χ2n) is 4.77. The molecule has 2 rings (SSSR count). The lowest BCUT2D eigenvalue weighted by molar-refractivity contribution is 0.217.